The van der Waals surface area contributed by atoms with Crippen LogP contribution in [-0.2, 0) is 19.9 Å². The third-order valence-corrected chi connectivity index (χ3v) is 6.60. The van der Waals surface area contributed by atoms with Crippen LogP contribution in [0.2, 0.25) is 0 Å². The summed E-state index contributed by atoms with van der Waals surface area (Å²) < 4.78 is 4.41. The fraction of sp³-hybridized carbons (Fsp3) is 0.185. The molecule has 31 heavy (non-hydrogen) atoms. The summed E-state index contributed by atoms with van der Waals surface area (Å²) in [5, 5.41) is 3.70. The monoisotopic (exact) mass is 405 g/mol. The van der Waals surface area contributed by atoms with Gasteiger partial charge in [0.05, 0.1) is 18.3 Å². The fourth-order valence-corrected chi connectivity index (χ4v) is 5.02. The standard InChI is InChI=1S/C27H24N4/c1-4-17-9-8-10-18(5-2)26(17)23-15-31-24-14-25-22(28-16-30(25)3)13-21(24)19-11-6-7-12-20(19)27(31)29-23/h6-16H,4-5H2,1-3H3/p+1. The maximum absolute atomic E-state index is 4.60. The van der Waals surface area contributed by atoms with Crippen LogP contribution in [0.5, 0.6) is 0 Å². The molecule has 0 radical (unpaired) electrons. The number of aryl methyl sites for hydroxylation is 3. The molecule has 0 bridgehead atoms. The average Bonchev–Trinajstić information content (AvgIpc) is 3.41. The van der Waals surface area contributed by atoms with Crippen LogP contribution in [0, 0.1) is 0 Å². The summed E-state index contributed by atoms with van der Waals surface area (Å²) in [6.07, 6.45) is 6.20. The Kier molecular flexibility index (Phi) is 3.90. The van der Waals surface area contributed by atoms with Crippen LogP contribution in [0.3, 0.4) is 0 Å². The highest BCUT2D eigenvalue weighted by Gasteiger charge is 2.18. The van der Waals surface area contributed by atoms with E-state index in [0.29, 0.717) is 0 Å². The molecule has 0 atom stereocenters. The Morgan fingerprint density at radius 2 is 1.65 bits per heavy atom. The van der Waals surface area contributed by atoms with Gasteiger partial charge in [0, 0.05) is 34.7 Å². The minimum atomic E-state index is 1.01. The second-order valence-electron chi connectivity index (χ2n) is 8.30. The molecule has 0 spiro atoms. The Morgan fingerprint density at radius 1 is 0.903 bits per heavy atom. The quantitative estimate of drug-likeness (QED) is 0.296. The molecule has 6 rings (SSSR count). The van der Waals surface area contributed by atoms with Crippen molar-refractivity contribution in [3.8, 4) is 11.3 Å². The van der Waals surface area contributed by atoms with Gasteiger partial charge in [-0.05, 0) is 34.3 Å². The van der Waals surface area contributed by atoms with Gasteiger partial charge >= 0.3 is 0 Å². The number of hydrogen-bond acceptors (Lipinski definition) is 1. The van der Waals surface area contributed by atoms with E-state index in [1.54, 1.807) is 0 Å². The molecule has 0 saturated heterocycles. The first-order valence-electron chi connectivity index (χ1n) is 11.0. The van der Waals surface area contributed by atoms with E-state index in [-0.39, 0.29) is 0 Å². The van der Waals surface area contributed by atoms with Crippen molar-refractivity contribution in [3.05, 3.63) is 78.2 Å². The number of hydrogen-bond donors (Lipinski definition) is 1. The van der Waals surface area contributed by atoms with E-state index in [0.717, 1.165) is 29.5 Å². The van der Waals surface area contributed by atoms with Crippen LogP contribution in [0.4, 0.5) is 0 Å². The number of imidazole rings is 2. The molecule has 3 aromatic heterocycles. The minimum absolute atomic E-state index is 1.01. The molecular weight excluding hydrogens is 380 g/mol. The third-order valence-electron chi connectivity index (χ3n) is 6.60. The number of nitrogens with one attached hydrogen (secondary N) is 1. The highest BCUT2D eigenvalue weighted by atomic mass is 15.0. The Morgan fingerprint density at radius 3 is 2.39 bits per heavy atom. The van der Waals surface area contributed by atoms with Crippen molar-refractivity contribution in [2.45, 2.75) is 26.7 Å². The summed E-state index contributed by atoms with van der Waals surface area (Å²) in [7, 11) is 2.05. The Hall–Kier alpha value is -3.66. The predicted molar refractivity (Wildman–Crippen MR) is 127 cm³/mol. The Labute approximate surface area is 180 Å². The van der Waals surface area contributed by atoms with Crippen molar-refractivity contribution in [2.75, 3.05) is 0 Å². The van der Waals surface area contributed by atoms with Gasteiger partial charge in [0.25, 0.3) is 6.33 Å². The number of H-pyrrole nitrogens is 1. The minimum Gasteiger partial charge on any atom is -0.339 e. The van der Waals surface area contributed by atoms with Gasteiger partial charge < -0.3 is 4.98 Å². The Bertz CT molecular complexity index is 1600. The zero-order valence-corrected chi connectivity index (χ0v) is 18.1. The number of benzene rings is 3. The van der Waals surface area contributed by atoms with E-state index in [2.05, 4.69) is 101 Å². The molecule has 0 fully saturated rings. The number of nitrogens with zero attached hydrogens (tertiary/aromatic N) is 3. The van der Waals surface area contributed by atoms with Crippen LogP contribution < -0.4 is 4.57 Å². The summed E-state index contributed by atoms with van der Waals surface area (Å²) in [6, 6.07) is 19.8. The number of fused-ring (bicyclic) bond motifs is 7. The third kappa shape index (κ3) is 2.54. The van der Waals surface area contributed by atoms with Gasteiger partial charge in [-0.15, -0.1) is 0 Å². The highest BCUT2D eigenvalue weighted by molar-refractivity contribution is 6.14. The number of rotatable bonds is 3. The molecule has 3 aromatic carbocycles. The van der Waals surface area contributed by atoms with Crippen LogP contribution in [-0.4, -0.2) is 14.4 Å². The molecule has 4 nitrogen and oxygen atoms in total. The van der Waals surface area contributed by atoms with Crippen molar-refractivity contribution >= 4 is 38.4 Å². The lowest BCUT2D eigenvalue weighted by molar-refractivity contribution is -0.644. The molecule has 0 aliphatic carbocycles. The first-order valence-corrected chi connectivity index (χ1v) is 11.0. The molecule has 0 unspecified atom stereocenters. The first kappa shape index (κ1) is 18.1. The van der Waals surface area contributed by atoms with Gasteiger partial charge in [-0.1, -0.05) is 56.3 Å². The van der Waals surface area contributed by atoms with Gasteiger partial charge in [-0.2, -0.15) is 0 Å². The van der Waals surface area contributed by atoms with E-state index in [4.69, 9.17) is 0 Å². The van der Waals surface area contributed by atoms with Crippen molar-refractivity contribution in [1.29, 1.82) is 0 Å². The molecule has 6 aromatic rings. The molecule has 3 heterocycles. The lowest BCUT2D eigenvalue weighted by Crippen LogP contribution is -2.24. The van der Waals surface area contributed by atoms with E-state index in [1.807, 2.05) is 6.33 Å². The normalized spacial score (nSPS) is 12.0. The fourth-order valence-electron chi connectivity index (χ4n) is 5.02. The predicted octanol–water partition coefficient (Wildman–Crippen LogP) is 5.74. The van der Waals surface area contributed by atoms with E-state index in [1.165, 1.54) is 44.1 Å². The molecule has 0 aliphatic rings. The summed E-state index contributed by atoms with van der Waals surface area (Å²) in [5.41, 5.74) is 9.78. The molecule has 4 heteroatoms. The van der Waals surface area contributed by atoms with Crippen molar-refractivity contribution in [2.24, 2.45) is 7.05 Å². The van der Waals surface area contributed by atoms with Gasteiger partial charge in [-0.3, -0.25) is 4.40 Å². The maximum Gasteiger partial charge on any atom is 0.287 e. The Balaban J connectivity index is 1.80. The van der Waals surface area contributed by atoms with Crippen LogP contribution in [0.1, 0.15) is 25.0 Å². The summed E-state index contributed by atoms with van der Waals surface area (Å²) in [5.74, 6) is 0. The number of aromatic nitrogens is 4. The van der Waals surface area contributed by atoms with Crippen molar-refractivity contribution < 1.29 is 4.57 Å². The topological polar surface area (TPSA) is 37.0 Å². The van der Waals surface area contributed by atoms with E-state index in [9.17, 15) is 0 Å². The van der Waals surface area contributed by atoms with Gasteiger partial charge in [0.15, 0.2) is 5.52 Å². The zero-order valence-electron chi connectivity index (χ0n) is 18.1. The summed E-state index contributed by atoms with van der Waals surface area (Å²) in [4.78, 5) is 8.39. The van der Waals surface area contributed by atoms with Crippen molar-refractivity contribution in [3.63, 3.8) is 0 Å². The second kappa shape index (κ2) is 6.67. The van der Waals surface area contributed by atoms with Gasteiger partial charge in [0.2, 0.25) is 5.52 Å². The largest absolute Gasteiger partial charge is 0.339 e. The van der Waals surface area contributed by atoms with Crippen LogP contribution in [0.15, 0.2) is 67.1 Å². The molecule has 0 amide bonds. The highest BCUT2D eigenvalue weighted by Crippen LogP contribution is 2.35. The van der Waals surface area contributed by atoms with Crippen LogP contribution >= 0.6 is 0 Å². The van der Waals surface area contributed by atoms with Gasteiger partial charge in [0.1, 0.15) is 5.65 Å². The van der Waals surface area contributed by atoms with E-state index < -0.39 is 0 Å². The van der Waals surface area contributed by atoms with Gasteiger partial charge in [-0.25, -0.2) is 4.57 Å². The second-order valence-corrected chi connectivity index (χ2v) is 8.30. The number of pyridine rings is 1. The SMILES string of the molecule is CCc1cccc(CC)c1-c1cn2c3cc4c(cc3c3ccccc3c2[nH]1)nc[n+]4C. The zero-order chi connectivity index (χ0) is 21.1. The van der Waals surface area contributed by atoms with Crippen LogP contribution in [0.25, 0.3) is 49.6 Å². The molecule has 0 saturated carbocycles. The first-order chi connectivity index (χ1) is 15.2. The smallest absolute Gasteiger partial charge is 0.287 e. The molecule has 1 N–H and O–H groups in total. The molecule has 152 valence electrons. The lowest BCUT2D eigenvalue weighted by Gasteiger charge is -2.11. The average molecular weight is 406 g/mol. The number of aromatic amines is 1. The van der Waals surface area contributed by atoms with E-state index >= 15 is 0 Å². The molecular formula is C27H25N4+. The maximum atomic E-state index is 4.60. The molecule has 0 aliphatic heterocycles. The van der Waals surface area contributed by atoms with Crippen molar-refractivity contribution in [1.82, 2.24) is 14.4 Å². The summed E-state index contributed by atoms with van der Waals surface area (Å²) in [6.45, 7) is 4.47. The summed E-state index contributed by atoms with van der Waals surface area (Å²) >= 11 is 0. The lowest BCUT2D eigenvalue weighted by atomic mass is 9.95.